The van der Waals surface area contributed by atoms with E-state index in [2.05, 4.69) is 9.97 Å². The Hall–Kier alpha value is -3.98. The van der Waals surface area contributed by atoms with Crippen molar-refractivity contribution in [3.05, 3.63) is 95.3 Å². The van der Waals surface area contributed by atoms with E-state index in [1.165, 1.54) is 54.9 Å². The topological polar surface area (TPSA) is 83.4 Å². The van der Waals surface area contributed by atoms with Crippen LogP contribution in [0.1, 0.15) is 17.2 Å². The summed E-state index contributed by atoms with van der Waals surface area (Å²) in [6, 6.07) is 11.5. The molecule has 9 heteroatoms. The van der Waals surface area contributed by atoms with Gasteiger partial charge in [0.1, 0.15) is 23.4 Å². The maximum atomic E-state index is 14.8. The van der Waals surface area contributed by atoms with Gasteiger partial charge in [0.15, 0.2) is 5.13 Å². The molecule has 1 unspecified atom stereocenters. The second-order valence-corrected chi connectivity index (χ2v) is 8.05. The van der Waals surface area contributed by atoms with E-state index < -0.39 is 35.1 Å². The van der Waals surface area contributed by atoms with Gasteiger partial charge in [-0.2, -0.15) is 0 Å². The largest absolute Gasteiger partial charge is 0.507 e. The van der Waals surface area contributed by atoms with Gasteiger partial charge in [-0.15, -0.1) is 0 Å². The van der Waals surface area contributed by atoms with Crippen LogP contribution in [0.5, 0.6) is 0 Å². The van der Waals surface area contributed by atoms with Crippen LogP contribution in [0.4, 0.5) is 13.9 Å². The second-order valence-electron chi connectivity index (χ2n) is 7.04. The van der Waals surface area contributed by atoms with Gasteiger partial charge < -0.3 is 5.11 Å². The smallest absolute Gasteiger partial charge is 0.301 e. The first-order valence-electron chi connectivity index (χ1n) is 9.47. The third-order valence-electron chi connectivity index (χ3n) is 5.12. The zero-order valence-corrected chi connectivity index (χ0v) is 17.0. The summed E-state index contributed by atoms with van der Waals surface area (Å²) in [5, 5.41) is 11.0. The van der Waals surface area contributed by atoms with Crippen LogP contribution in [-0.2, 0) is 9.59 Å². The van der Waals surface area contributed by atoms with E-state index in [0.717, 1.165) is 16.2 Å². The average molecular weight is 449 g/mol. The van der Waals surface area contributed by atoms with Gasteiger partial charge in [0.25, 0.3) is 5.78 Å². The van der Waals surface area contributed by atoms with E-state index in [9.17, 15) is 23.5 Å². The number of thiazole rings is 1. The van der Waals surface area contributed by atoms with Crippen LogP contribution in [0.15, 0.2) is 72.6 Å². The van der Waals surface area contributed by atoms with Crippen molar-refractivity contribution in [2.75, 3.05) is 4.90 Å². The summed E-state index contributed by atoms with van der Waals surface area (Å²) in [6.45, 7) is 0. The van der Waals surface area contributed by atoms with Crippen LogP contribution in [-0.4, -0.2) is 26.8 Å². The fourth-order valence-corrected chi connectivity index (χ4v) is 4.69. The van der Waals surface area contributed by atoms with Gasteiger partial charge in [0.2, 0.25) is 0 Å². The van der Waals surface area contributed by atoms with Crippen molar-refractivity contribution in [3.63, 3.8) is 0 Å². The average Bonchev–Trinajstić information content (AvgIpc) is 3.32. The molecule has 32 heavy (non-hydrogen) atoms. The highest BCUT2D eigenvalue weighted by Gasteiger charge is 2.49. The predicted octanol–water partition coefficient (Wildman–Crippen LogP) is 4.60. The molecule has 0 radical (unpaired) electrons. The highest BCUT2D eigenvalue weighted by Crippen LogP contribution is 2.44. The minimum atomic E-state index is -1.26. The number of fused-ring (bicyclic) bond motifs is 1. The molecule has 1 aliphatic rings. The van der Waals surface area contributed by atoms with E-state index >= 15 is 0 Å². The molecule has 0 saturated carbocycles. The minimum absolute atomic E-state index is 0.0163. The lowest BCUT2D eigenvalue weighted by Crippen LogP contribution is -2.29. The fraction of sp³-hybridized carbons (Fsp3) is 0.0435. The minimum Gasteiger partial charge on any atom is -0.507 e. The SMILES string of the molecule is O=C1C(=O)N(c2nc3ccc(F)cc3s2)C(c2ccccc2F)/C1=C(\O)c1cccnc1. The quantitative estimate of drug-likeness (QED) is 0.281. The molecule has 2 aromatic heterocycles. The number of aliphatic hydroxyl groups excluding tert-OH is 1. The molecule has 0 bridgehead atoms. The number of rotatable bonds is 3. The zero-order valence-electron chi connectivity index (χ0n) is 16.2. The van der Waals surface area contributed by atoms with Crippen LogP contribution < -0.4 is 4.90 Å². The molecule has 3 heterocycles. The normalized spacial score (nSPS) is 17.9. The third-order valence-corrected chi connectivity index (χ3v) is 6.14. The standard InChI is InChI=1S/C23H13F2N3O3S/c24-13-7-8-16-17(10-13)32-23(27-16)28-19(14-5-1-2-6-15(14)25)18(21(30)22(28)31)20(29)12-4-3-9-26-11-12/h1-11,19,29H/b20-18+. The van der Waals surface area contributed by atoms with Crippen LogP contribution in [0.25, 0.3) is 16.0 Å². The number of amides is 1. The Morgan fingerprint density at radius 2 is 1.88 bits per heavy atom. The first kappa shape index (κ1) is 20.0. The molecule has 5 rings (SSSR count). The van der Waals surface area contributed by atoms with Crippen molar-refractivity contribution >= 4 is 44.1 Å². The zero-order chi connectivity index (χ0) is 22.4. The molecule has 2 aromatic carbocycles. The summed E-state index contributed by atoms with van der Waals surface area (Å²) in [5.74, 6) is -3.56. The van der Waals surface area contributed by atoms with Crippen molar-refractivity contribution in [1.82, 2.24) is 9.97 Å². The van der Waals surface area contributed by atoms with E-state index in [1.807, 2.05) is 0 Å². The lowest BCUT2D eigenvalue weighted by Gasteiger charge is -2.23. The van der Waals surface area contributed by atoms with Gasteiger partial charge in [0.05, 0.1) is 15.8 Å². The number of Topliss-reactive ketones (excluding diaryl/α,β-unsaturated/α-hetero) is 1. The number of pyridine rings is 1. The Morgan fingerprint density at radius 3 is 2.62 bits per heavy atom. The Kier molecular flexibility index (Phi) is 4.75. The molecule has 1 atom stereocenters. The molecule has 1 saturated heterocycles. The van der Waals surface area contributed by atoms with E-state index in [1.54, 1.807) is 12.1 Å². The molecule has 0 aliphatic carbocycles. The summed E-state index contributed by atoms with van der Waals surface area (Å²) < 4.78 is 29.0. The maximum absolute atomic E-state index is 14.8. The van der Waals surface area contributed by atoms with E-state index in [0.29, 0.717) is 10.2 Å². The molecule has 158 valence electrons. The van der Waals surface area contributed by atoms with E-state index in [4.69, 9.17) is 0 Å². The van der Waals surface area contributed by atoms with Gasteiger partial charge in [-0.3, -0.25) is 19.5 Å². The van der Waals surface area contributed by atoms with Gasteiger partial charge in [0, 0.05) is 23.5 Å². The summed E-state index contributed by atoms with van der Waals surface area (Å²) in [7, 11) is 0. The number of halogens is 2. The van der Waals surface area contributed by atoms with Crippen LogP contribution >= 0.6 is 11.3 Å². The van der Waals surface area contributed by atoms with Crippen molar-refractivity contribution in [3.8, 4) is 0 Å². The molecule has 1 fully saturated rings. The van der Waals surface area contributed by atoms with Crippen molar-refractivity contribution in [1.29, 1.82) is 0 Å². The highest BCUT2D eigenvalue weighted by molar-refractivity contribution is 7.22. The van der Waals surface area contributed by atoms with Gasteiger partial charge in [-0.25, -0.2) is 13.8 Å². The molecule has 6 nitrogen and oxygen atoms in total. The summed E-state index contributed by atoms with van der Waals surface area (Å²) >= 11 is 0.991. The third kappa shape index (κ3) is 3.14. The van der Waals surface area contributed by atoms with Crippen molar-refractivity contribution < 1.29 is 23.5 Å². The Morgan fingerprint density at radius 1 is 1.06 bits per heavy atom. The Bertz CT molecular complexity index is 1420. The van der Waals surface area contributed by atoms with Gasteiger partial charge >= 0.3 is 5.91 Å². The first-order valence-corrected chi connectivity index (χ1v) is 10.3. The summed E-state index contributed by atoms with van der Waals surface area (Å²) in [5.41, 5.74) is 0.368. The van der Waals surface area contributed by atoms with Crippen LogP contribution in [0, 0.1) is 11.6 Å². The van der Waals surface area contributed by atoms with Crippen molar-refractivity contribution in [2.24, 2.45) is 0 Å². The lowest BCUT2D eigenvalue weighted by atomic mass is 9.95. The Balaban J connectivity index is 1.76. The van der Waals surface area contributed by atoms with Crippen LogP contribution in [0.3, 0.4) is 0 Å². The molecule has 1 aliphatic heterocycles. The number of nitrogens with zero attached hydrogens (tertiary/aromatic N) is 3. The number of aromatic nitrogens is 2. The van der Waals surface area contributed by atoms with Gasteiger partial charge in [-0.05, 0) is 36.4 Å². The molecule has 0 spiro atoms. The molecule has 4 aromatic rings. The number of carbonyl (C=O) groups is 2. The maximum Gasteiger partial charge on any atom is 0.301 e. The number of anilines is 1. The molecule has 1 amide bonds. The molecular formula is C23H13F2N3O3S. The van der Waals surface area contributed by atoms with Crippen molar-refractivity contribution in [2.45, 2.75) is 6.04 Å². The molecule has 1 N–H and O–H groups in total. The summed E-state index contributed by atoms with van der Waals surface area (Å²) in [6.07, 6.45) is 2.82. The number of hydrogen-bond donors (Lipinski definition) is 1. The molecular weight excluding hydrogens is 436 g/mol. The fourth-order valence-electron chi connectivity index (χ4n) is 3.67. The first-order chi connectivity index (χ1) is 15.5. The second kappa shape index (κ2) is 7.61. The van der Waals surface area contributed by atoms with E-state index in [-0.39, 0.29) is 21.8 Å². The van der Waals surface area contributed by atoms with Gasteiger partial charge in [-0.1, -0.05) is 29.5 Å². The number of carbonyl (C=O) groups excluding carboxylic acids is 2. The monoisotopic (exact) mass is 449 g/mol. The number of ketones is 1. The lowest BCUT2D eigenvalue weighted by molar-refractivity contribution is -0.132. The highest BCUT2D eigenvalue weighted by atomic mass is 32.1. The number of benzene rings is 2. The summed E-state index contributed by atoms with van der Waals surface area (Å²) in [4.78, 5) is 35.4. The van der Waals surface area contributed by atoms with Crippen LogP contribution in [0.2, 0.25) is 0 Å². The Labute approximate surface area is 184 Å². The number of hydrogen-bond acceptors (Lipinski definition) is 6. The predicted molar refractivity (Wildman–Crippen MR) is 115 cm³/mol. The number of aliphatic hydroxyl groups is 1.